The lowest BCUT2D eigenvalue weighted by molar-refractivity contribution is -0.148. The normalized spacial score (nSPS) is 18.2. The zero-order valence-corrected chi connectivity index (χ0v) is 12.0. The standard InChI is InChI=1S/C14H27NO4/c1-17-7-8-18-9-10-19-13(16)11-14(12-15)5-3-2-4-6-14/h2-12,15H2,1H3. The molecule has 19 heavy (non-hydrogen) atoms. The number of carbonyl (C=O) groups is 1. The molecule has 0 spiro atoms. The van der Waals surface area contributed by atoms with E-state index in [0.29, 0.717) is 39.4 Å². The highest BCUT2D eigenvalue weighted by Gasteiger charge is 2.33. The average molecular weight is 273 g/mol. The first-order valence-electron chi connectivity index (χ1n) is 7.15. The topological polar surface area (TPSA) is 70.8 Å². The molecular weight excluding hydrogens is 246 g/mol. The van der Waals surface area contributed by atoms with E-state index in [4.69, 9.17) is 19.9 Å². The van der Waals surface area contributed by atoms with Gasteiger partial charge in [-0.3, -0.25) is 4.79 Å². The summed E-state index contributed by atoms with van der Waals surface area (Å²) in [4.78, 5) is 11.8. The number of hydrogen-bond acceptors (Lipinski definition) is 5. The third-order valence-corrected chi connectivity index (χ3v) is 3.79. The van der Waals surface area contributed by atoms with Crippen LogP contribution in [0.2, 0.25) is 0 Å². The number of hydrogen-bond donors (Lipinski definition) is 1. The molecule has 5 heteroatoms. The van der Waals surface area contributed by atoms with Gasteiger partial charge in [-0.1, -0.05) is 19.3 Å². The van der Waals surface area contributed by atoms with Crippen molar-refractivity contribution in [1.82, 2.24) is 0 Å². The Labute approximate surface area is 115 Å². The van der Waals surface area contributed by atoms with Crippen molar-refractivity contribution >= 4 is 5.97 Å². The molecule has 5 nitrogen and oxygen atoms in total. The summed E-state index contributed by atoms with van der Waals surface area (Å²) < 4.78 is 15.3. The van der Waals surface area contributed by atoms with E-state index < -0.39 is 0 Å². The highest BCUT2D eigenvalue weighted by atomic mass is 16.6. The maximum absolute atomic E-state index is 11.8. The molecule has 1 fully saturated rings. The van der Waals surface area contributed by atoms with Crippen LogP contribution in [0.15, 0.2) is 0 Å². The fourth-order valence-corrected chi connectivity index (χ4v) is 2.57. The van der Waals surface area contributed by atoms with Crippen LogP contribution >= 0.6 is 0 Å². The number of methoxy groups -OCH3 is 1. The van der Waals surface area contributed by atoms with Gasteiger partial charge in [-0.15, -0.1) is 0 Å². The summed E-state index contributed by atoms with van der Waals surface area (Å²) in [6.07, 6.45) is 6.13. The molecule has 1 aliphatic carbocycles. The van der Waals surface area contributed by atoms with Gasteiger partial charge in [0.1, 0.15) is 6.61 Å². The fraction of sp³-hybridized carbons (Fsp3) is 0.929. The van der Waals surface area contributed by atoms with Crippen molar-refractivity contribution < 1.29 is 19.0 Å². The van der Waals surface area contributed by atoms with Crippen LogP contribution in [-0.4, -0.2) is 46.1 Å². The molecule has 0 aromatic carbocycles. The predicted octanol–water partition coefficient (Wildman–Crippen LogP) is 1.49. The maximum atomic E-state index is 11.8. The Kier molecular flexibility index (Phi) is 8.02. The summed E-state index contributed by atoms with van der Waals surface area (Å²) in [5.41, 5.74) is 5.83. The van der Waals surface area contributed by atoms with Gasteiger partial charge in [-0.2, -0.15) is 0 Å². The third-order valence-electron chi connectivity index (χ3n) is 3.79. The molecule has 1 saturated carbocycles. The van der Waals surface area contributed by atoms with Crippen molar-refractivity contribution in [2.45, 2.75) is 38.5 Å². The molecular formula is C14H27NO4. The maximum Gasteiger partial charge on any atom is 0.306 e. The summed E-state index contributed by atoms with van der Waals surface area (Å²) in [7, 11) is 1.62. The zero-order valence-electron chi connectivity index (χ0n) is 12.0. The van der Waals surface area contributed by atoms with E-state index in [-0.39, 0.29) is 11.4 Å². The van der Waals surface area contributed by atoms with E-state index in [0.717, 1.165) is 12.8 Å². The Bertz CT molecular complexity index is 252. The molecule has 0 aliphatic heterocycles. The monoisotopic (exact) mass is 273 g/mol. The zero-order chi connectivity index (χ0) is 14.0. The molecule has 0 unspecified atom stereocenters. The third kappa shape index (κ3) is 6.36. The van der Waals surface area contributed by atoms with Crippen LogP contribution in [-0.2, 0) is 19.0 Å². The van der Waals surface area contributed by atoms with Crippen LogP contribution in [0, 0.1) is 5.41 Å². The van der Waals surface area contributed by atoms with Crippen LogP contribution < -0.4 is 5.73 Å². The highest BCUT2D eigenvalue weighted by molar-refractivity contribution is 5.70. The van der Waals surface area contributed by atoms with Gasteiger partial charge in [-0.25, -0.2) is 0 Å². The van der Waals surface area contributed by atoms with Gasteiger partial charge in [0.25, 0.3) is 0 Å². The summed E-state index contributed by atoms with van der Waals surface area (Å²) in [6, 6.07) is 0. The summed E-state index contributed by atoms with van der Waals surface area (Å²) >= 11 is 0. The summed E-state index contributed by atoms with van der Waals surface area (Å²) in [6.45, 7) is 2.39. The molecule has 0 radical (unpaired) electrons. The Balaban J connectivity index is 2.15. The Hall–Kier alpha value is -0.650. The fourth-order valence-electron chi connectivity index (χ4n) is 2.57. The summed E-state index contributed by atoms with van der Waals surface area (Å²) in [5, 5.41) is 0. The molecule has 1 rings (SSSR count). The molecule has 0 amide bonds. The van der Waals surface area contributed by atoms with E-state index in [1.807, 2.05) is 0 Å². The number of carbonyl (C=O) groups excluding carboxylic acids is 1. The van der Waals surface area contributed by atoms with Gasteiger partial charge in [-0.05, 0) is 24.8 Å². The lowest BCUT2D eigenvalue weighted by Gasteiger charge is -2.35. The molecule has 0 aromatic rings. The van der Waals surface area contributed by atoms with E-state index in [1.165, 1.54) is 19.3 Å². The molecule has 0 bridgehead atoms. The number of rotatable bonds is 9. The molecule has 0 atom stereocenters. The van der Waals surface area contributed by atoms with E-state index >= 15 is 0 Å². The van der Waals surface area contributed by atoms with Crippen LogP contribution in [0.5, 0.6) is 0 Å². The minimum Gasteiger partial charge on any atom is -0.463 e. The number of ether oxygens (including phenoxy) is 3. The van der Waals surface area contributed by atoms with Crippen molar-refractivity contribution in [2.75, 3.05) is 40.1 Å². The van der Waals surface area contributed by atoms with Crippen molar-refractivity contribution in [2.24, 2.45) is 11.1 Å². The second kappa shape index (κ2) is 9.28. The SMILES string of the molecule is COCCOCCOC(=O)CC1(CN)CCCCC1. The number of esters is 1. The largest absolute Gasteiger partial charge is 0.463 e. The van der Waals surface area contributed by atoms with Gasteiger partial charge in [0.15, 0.2) is 0 Å². The van der Waals surface area contributed by atoms with Crippen molar-refractivity contribution in [3.63, 3.8) is 0 Å². The van der Waals surface area contributed by atoms with Crippen LogP contribution in [0.3, 0.4) is 0 Å². The Morgan fingerprint density at radius 2 is 1.79 bits per heavy atom. The second-order valence-electron chi connectivity index (χ2n) is 5.27. The Morgan fingerprint density at radius 3 is 2.42 bits per heavy atom. The highest BCUT2D eigenvalue weighted by Crippen LogP contribution is 2.38. The van der Waals surface area contributed by atoms with E-state index in [1.54, 1.807) is 7.11 Å². The first-order valence-corrected chi connectivity index (χ1v) is 7.15. The predicted molar refractivity (Wildman–Crippen MR) is 72.8 cm³/mol. The average Bonchev–Trinajstić information content (AvgIpc) is 2.43. The first kappa shape index (κ1) is 16.4. The van der Waals surface area contributed by atoms with Gasteiger partial charge >= 0.3 is 5.97 Å². The molecule has 0 saturated heterocycles. The molecule has 112 valence electrons. The first-order chi connectivity index (χ1) is 9.22. The van der Waals surface area contributed by atoms with Crippen LogP contribution in [0.1, 0.15) is 38.5 Å². The quantitative estimate of drug-likeness (QED) is 0.509. The van der Waals surface area contributed by atoms with Gasteiger partial charge in [0, 0.05) is 7.11 Å². The number of nitrogens with two attached hydrogens (primary N) is 1. The second-order valence-corrected chi connectivity index (χ2v) is 5.27. The van der Waals surface area contributed by atoms with Crippen LogP contribution in [0.25, 0.3) is 0 Å². The summed E-state index contributed by atoms with van der Waals surface area (Å²) in [5.74, 6) is -0.150. The minimum absolute atomic E-state index is 0.0216. The molecule has 0 heterocycles. The van der Waals surface area contributed by atoms with Gasteiger partial charge in [0.2, 0.25) is 0 Å². The lowest BCUT2D eigenvalue weighted by Crippen LogP contribution is -2.35. The molecule has 2 N–H and O–H groups in total. The van der Waals surface area contributed by atoms with Gasteiger partial charge < -0.3 is 19.9 Å². The van der Waals surface area contributed by atoms with Crippen molar-refractivity contribution in [3.05, 3.63) is 0 Å². The minimum atomic E-state index is -0.150. The van der Waals surface area contributed by atoms with Gasteiger partial charge in [0.05, 0.1) is 26.2 Å². The molecule has 1 aliphatic rings. The molecule has 0 aromatic heterocycles. The van der Waals surface area contributed by atoms with Crippen molar-refractivity contribution in [1.29, 1.82) is 0 Å². The Morgan fingerprint density at radius 1 is 1.11 bits per heavy atom. The lowest BCUT2D eigenvalue weighted by atomic mass is 9.72. The van der Waals surface area contributed by atoms with E-state index in [2.05, 4.69) is 0 Å². The smallest absolute Gasteiger partial charge is 0.306 e. The van der Waals surface area contributed by atoms with E-state index in [9.17, 15) is 4.79 Å². The van der Waals surface area contributed by atoms with Crippen molar-refractivity contribution in [3.8, 4) is 0 Å². The van der Waals surface area contributed by atoms with Crippen LogP contribution in [0.4, 0.5) is 0 Å².